The van der Waals surface area contributed by atoms with E-state index in [9.17, 15) is 18.0 Å². The number of amides is 1. The van der Waals surface area contributed by atoms with E-state index in [2.05, 4.69) is 22.4 Å². The maximum absolute atomic E-state index is 14.2. The van der Waals surface area contributed by atoms with Crippen molar-refractivity contribution < 1.29 is 18.0 Å². The fraction of sp³-hybridized carbons (Fsp3) is 0.516. The molecule has 1 atom stereocenters. The number of hydrogen-bond acceptors (Lipinski definition) is 4. The van der Waals surface area contributed by atoms with E-state index in [0.29, 0.717) is 23.7 Å². The SMILES string of the molecule is Cn1cnnc1[C@H](CC1CCCC1)c1cccc(N2Cc3c(cc(CNC4(C)CCC4)cc3C(F)(F)F)C2=O)c1. The smallest absolute Gasteiger partial charge is 0.320 e. The number of aromatic nitrogens is 3. The second-order valence-electron chi connectivity index (χ2n) is 12.2. The van der Waals surface area contributed by atoms with Gasteiger partial charge in [0.2, 0.25) is 0 Å². The number of hydrogen-bond donors (Lipinski definition) is 1. The van der Waals surface area contributed by atoms with Crippen molar-refractivity contribution in [1.29, 1.82) is 0 Å². The minimum atomic E-state index is -4.55. The van der Waals surface area contributed by atoms with E-state index in [1.54, 1.807) is 12.4 Å². The second kappa shape index (κ2) is 10.3. The van der Waals surface area contributed by atoms with Crippen LogP contribution in [0.25, 0.3) is 0 Å². The Bertz CT molecular complexity index is 1400. The molecule has 0 spiro atoms. The van der Waals surface area contributed by atoms with Gasteiger partial charge >= 0.3 is 6.18 Å². The van der Waals surface area contributed by atoms with Gasteiger partial charge < -0.3 is 14.8 Å². The van der Waals surface area contributed by atoms with Crippen LogP contribution >= 0.6 is 0 Å². The molecule has 1 N–H and O–H groups in total. The number of carbonyl (C=O) groups is 1. The van der Waals surface area contributed by atoms with Gasteiger partial charge in [0, 0.05) is 36.3 Å². The molecule has 9 heteroatoms. The number of nitrogens with zero attached hydrogens (tertiary/aromatic N) is 4. The van der Waals surface area contributed by atoms with Crippen molar-refractivity contribution in [2.75, 3.05) is 4.90 Å². The molecule has 3 aromatic rings. The molecule has 2 saturated carbocycles. The average molecular weight is 552 g/mol. The van der Waals surface area contributed by atoms with E-state index in [1.165, 1.54) is 36.6 Å². The van der Waals surface area contributed by atoms with Crippen LogP contribution < -0.4 is 10.2 Å². The fourth-order valence-electron chi connectivity index (χ4n) is 6.72. The number of fused-ring (bicyclic) bond motifs is 1. The van der Waals surface area contributed by atoms with Crippen LogP contribution in [0.5, 0.6) is 0 Å². The average Bonchev–Trinajstić information content (AvgIpc) is 3.65. The Labute approximate surface area is 233 Å². The van der Waals surface area contributed by atoms with Crippen LogP contribution in [-0.4, -0.2) is 26.2 Å². The molecule has 0 unspecified atom stereocenters. The molecule has 0 bridgehead atoms. The van der Waals surface area contributed by atoms with Crippen LogP contribution in [0.15, 0.2) is 42.7 Å². The van der Waals surface area contributed by atoms with Gasteiger partial charge in [-0.3, -0.25) is 4.79 Å². The molecular formula is C31H36F3N5O. The first-order valence-electron chi connectivity index (χ1n) is 14.3. The van der Waals surface area contributed by atoms with Crippen molar-refractivity contribution in [1.82, 2.24) is 20.1 Å². The summed E-state index contributed by atoms with van der Waals surface area (Å²) in [5.74, 6) is 1.05. The monoisotopic (exact) mass is 551 g/mol. The number of alkyl halides is 3. The summed E-state index contributed by atoms with van der Waals surface area (Å²) in [5.41, 5.74) is 1.52. The molecule has 2 aromatic carbocycles. The van der Waals surface area contributed by atoms with Crippen molar-refractivity contribution >= 4 is 11.6 Å². The minimum Gasteiger partial charge on any atom is -0.320 e. The summed E-state index contributed by atoms with van der Waals surface area (Å²) in [4.78, 5) is 15.1. The Morgan fingerprint density at radius 3 is 2.55 bits per heavy atom. The van der Waals surface area contributed by atoms with Gasteiger partial charge in [0.25, 0.3) is 5.91 Å². The lowest BCUT2D eigenvalue weighted by atomic mass is 9.78. The first-order chi connectivity index (χ1) is 19.1. The van der Waals surface area contributed by atoms with Gasteiger partial charge in [-0.2, -0.15) is 13.2 Å². The molecule has 1 amide bonds. The van der Waals surface area contributed by atoms with Crippen molar-refractivity contribution in [2.45, 2.75) is 89.0 Å². The number of aryl methyl sites for hydroxylation is 1. The summed E-state index contributed by atoms with van der Waals surface area (Å²) in [6.45, 7) is 2.29. The molecule has 0 saturated heterocycles. The van der Waals surface area contributed by atoms with Crippen molar-refractivity contribution in [3.05, 3.63) is 76.4 Å². The predicted octanol–water partition coefficient (Wildman–Crippen LogP) is 6.74. The highest BCUT2D eigenvalue weighted by Gasteiger charge is 2.41. The zero-order chi connectivity index (χ0) is 28.1. The first kappa shape index (κ1) is 27.0. The number of benzene rings is 2. The normalized spacial score (nSPS) is 19.6. The zero-order valence-electron chi connectivity index (χ0n) is 23.1. The Kier molecular flexibility index (Phi) is 6.97. The Morgan fingerprint density at radius 2 is 1.90 bits per heavy atom. The molecule has 2 aliphatic carbocycles. The maximum Gasteiger partial charge on any atom is 0.416 e. The quantitative estimate of drug-likeness (QED) is 0.337. The molecule has 1 aliphatic heterocycles. The van der Waals surface area contributed by atoms with Gasteiger partial charge in [-0.15, -0.1) is 10.2 Å². The van der Waals surface area contributed by atoms with Crippen LogP contribution in [0.3, 0.4) is 0 Å². The number of nitrogens with one attached hydrogen (secondary N) is 1. The molecule has 0 radical (unpaired) electrons. The second-order valence-corrected chi connectivity index (χ2v) is 12.2. The van der Waals surface area contributed by atoms with E-state index in [-0.39, 0.29) is 35.0 Å². The lowest BCUT2D eigenvalue weighted by molar-refractivity contribution is -0.138. The zero-order valence-corrected chi connectivity index (χ0v) is 23.1. The molecule has 2 heterocycles. The molecular weight excluding hydrogens is 515 g/mol. The molecule has 6 rings (SSSR count). The molecule has 40 heavy (non-hydrogen) atoms. The molecule has 1 aromatic heterocycles. The van der Waals surface area contributed by atoms with Gasteiger partial charge in [0.1, 0.15) is 12.2 Å². The van der Waals surface area contributed by atoms with Crippen molar-refractivity contribution in [3.63, 3.8) is 0 Å². The summed E-state index contributed by atoms with van der Waals surface area (Å²) in [6.07, 6.45) is 6.03. The molecule has 3 aliphatic rings. The number of halogens is 3. The minimum absolute atomic E-state index is 0.00749. The summed E-state index contributed by atoms with van der Waals surface area (Å²) in [7, 11) is 1.93. The highest BCUT2D eigenvalue weighted by atomic mass is 19.4. The number of anilines is 1. The highest BCUT2D eigenvalue weighted by Crippen LogP contribution is 2.42. The van der Waals surface area contributed by atoms with E-state index >= 15 is 0 Å². The lowest BCUT2D eigenvalue weighted by Gasteiger charge is -2.39. The number of carbonyl (C=O) groups excluding carboxylic acids is 1. The van der Waals surface area contributed by atoms with Gasteiger partial charge in [-0.05, 0) is 79.5 Å². The predicted molar refractivity (Wildman–Crippen MR) is 147 cm³/mol. The van der Waals surface area contributed by atoms with Crippen LogP contribution in [0, 0.1) is 5.92 Å². The standard InChI is InChI=1S/C31H36F3N5O/c1-30(11-6-12-30)35-17-21-14-25-26(27(15-21)31(32,33)34)18-39(29(25)40)23-10-5-9-22(16-23)24(13-20-7-3-4-8-20)28-37-36-19-38(28)2/h5,9-10,14-16,19-20,24,35H,3-4,6-8,11-13,17-18H2,1-2H3/t24-/m1/s1. The van der Waals surface area contributed by atoms with Gasteiger partial charge in [0.15, 0.2) is 0 Å². The largest absolute Gasteiger partial charge is 0.416 e. The third-order valence-electron chi connectivity index (χ3n) is 9.27. The third kappa shape index (κ3) is 5.16. The van der Waals surface area contributed by atoms with Crippen molar-refractivity contribution in [3.8, 4) is 0 Å². The van der Waals surface area contributed by atoms with Crippen LogP contribution in [0.4, 0.5) is 18.9 Å². The molecule has 2 fully saturated rings. The third-order valence-corrected chi connectivity index (χ3v) is 9.27. The summed E-state index contributed by atoms with van der Waals surface area (Å²) >= 11 is 0. The lowest BCUT2D eigenvalue weighted by Crippen LogP contribution is -2.47. The fourth-order valence-corrected chi connectivity index (χ4v) is 6.72. The summed E-state index contributed by atoms with van der Waals surface area (Å²) < 4.78 is 44.6. The summed E-state index contributed by atoms with van der Waals surface area (Å²) in [6, 6.07) is 10.5. The Balaban J connectivity index is 1.31. The van der Waals surface area contributed by atoms with Crippen LogP contribution in [0.2, 0.25) is 0 Å². The highest BCUT2D eigenvalue weighted by molar-refractivity contribution is 6.10. The van der Waals surface area contributed by atoms with E-state index < -0.39 is 11.7 Å². The molecule has 6 nitrogen and oxygen atoms in total. The Morgan fingerprint density at radius 1 is 1.12 bits per heavy atom. The maximum atomic E-state index is 14.2. The van der Waals surface area contributed by atoms with Gasteiger partial charge in [0.05, 0.1) is 12.1 Å². The van der Waals surface area contributed by atoms with Gasteiger partial charge in [-0.1, -0.05) is 37.8 Å². The van der Waals surface area contributed by atoms with E-state index in [1.807, 2.05) is 35.9 Å². The van der Waals surface area contributed by atoms with Crippen LogP contribution in [0.1, 0.15) is 103 Å². The van der Waals surface area contributed by atoms with Gasteiger partial charge in [-0.25, -0.2) is 0 Å². The topological polar surface area (TPSA) is 63.1 Å². The van der Waals surface area contributed by atoms with E-state index in [4.69, 9.17) is 0 Å². The number of rotatable bonds is 8. The van der Waals surface area contributed by atoms with Crippen molar-refractivity contribution in [2.24, 2.45) is 13.0 Å². The molecule has 212 valence electrons. The summed E-state index contributed by atoms with van der Waals surface area (Å²) in [5, 5.41) is 11.9. The first-order valence-corrected chi connectivity index (χ1v) is 14.3. The van der Waals surface area contributed by atoms with Crippen LogP contribution in [-0.2, 0) is 26.3 Å². The van der Waals surface area contributed by atoms with E-state index in [0.717, 1.165) is 37.1 Å². The Hall–Kier alpha value is -3.20.